The molecular weight excluding hydrogens is 370 g/mol. The Balaban J connectivity index is 1.99. The van der Waals surface area contributed by atoms with Gasteiger partial charge in [0, 0.05) is 23.8 Å². The van der Waals surface area contributed by atoms with Gasteiger partial charge in [0.05, 0.1) is 29.5 Å². The van der Waals surface area contributed by atoms with Crippen LogP contribution in [0.1, 0.15) is 24.0 Å². The summed E-state index contributed by atoms with van der Waals surface area (Å²) < 4.78 is 0. The van der Waals surface area contributed by atoms with Crippen LogP contribution >= 0.6 is 0 Å². The van der Waals surface area contributed by atoms with Crippen LogP contribution in [0, 0.1) is 44.6 Å². The van der Waals surface area contributed by atoms with Crippen molar-refractivity contribution in [2.45, 2.75) is 19.4 Å². The molecule has 2 aromatic carbocycles. The molecule has 3 rings (SSSR count). The quantitative estimate of drug-likeness (QED) is 0.555. The van der Waals surface area contributed by atoms with Gasteiger partial charge in [-0.1, -0.05) is 42.5 Å². The second-order valence-electron chi connectivity index (χ2n) is 6.71. The highest BCUT2D eigenvalue weighted by molar-refractivity contribution is 6.07. The Bertz CT molecular complexity index is 1040. The first kappa shape index (κ1) is 19.7. The Labute approximate surface area is 167 Å². The van der Waals surface area contributed by atoms with Crippen LogP contribution in [0.4, 0.5) is 5.69 Å². The van der Waals surface area contributed by atoms with E-state index in [1.54, 1.807) is 13.0 Å². The lowest BCUT2D eigenvalue weighted by atomic mass is 9.75. The van der Waals surface area contributed by atoms with Crippen LogP contribution in [0.5, 0.6) is 0 Å². The fraction of sp³-hybridized carbons (Fsp3) is 0.238. The van der Waals surface area contributed by atoms with E-state index in [-0.39, 0.29) is 18.1 Å². The van der Waals surface area contributed by atoms with Crippen LogP contribution in [-0.2, 0) is 11.3 Å². The molecule has 1 aliphatic heterocycles. The van der Waals surface area contributed by atoms with Gasteiger partial charge in [-0.05, 0) is 18.1 Å². The normalized spacial score (nSPS) is 16.8. The number of non-ortho nitro benzene ring substituents is 1. The predicted octanol–water partition coefficient (Wildman–Crippen LogP) is 3.38. The number of hydrazone groups is 1. The van der Waals surface area contributed by atoms with E-state index in [4.69, 9.17) is 0 Å². The topological polar surface area (TPSA) is 123 Å². The van der Waals surface area contributed by atoms with E-state index in [2.05, 4.69) is 5.10 Å². The van der Waals surface area contributed by atoms with Crippen molar-refractivity contribution in [1.29, 1.82) is 10.5 Å². The smallest absolute Gasteiger partial charge is 0.269 e. The Morgan fingerprint density at radius 1 is 1.17 bits per heavy atom. The summed E-state index contributed by atoms with van der Waals surface area (Å²) in [5, 5.41) is 35.8. The van der Waals surface area contributed by atoms with Crippen LogP contribution in [-0.4, -0.2) is 21.6 Å². The molecule has 0 N–H and O–H groups in total. The zero-order valence-electron chi connectivity index (χ0n) is 15.6. The van der Waals surface area contributed by atoms with Gasteiger partial charge in [0.25, 0.3) is 11.6 Å². The van der Waals surface area contributed by atoms with Crippen molar-refractivity contribution < 1.29 is 9.72 Å². The van der Waals surface area contributed by atoms with Gasteiger partial charge in [-0.25, -0.2) is 5.01 Å². The Kier molecular flexibility index (Phi) is 5.66. The predicted molar refractivity (Wildman–Crippen MR) is 104 cm³/mol. The van der Waals surface area contributed by atoms with Crippen molar-refractivity contribution in [3.05, 3.63) is 75.8 Å². The number of carbonyl (C=O) groups excluding carboxylic acids is 1. The zero-order chi connectivity index (χ0) is 21.0. The van der Waals surface area contributed by atoms with Crippen LogP contribution in [0.25, 0.3) is 0 Å². The molecule has 0 saturated carbocycles. The first-order valence-electron chi connectivity index (χ1n) is 8.90. The molecule has 8 heteroatoms. The number of benzene rings is 2. The summed E-state index contributed by atoms with van der Waals surface area (Å²) in [7, 11) is 0. The molecular formula is C21H17N5O3. The lowest BCUT2D eigenvalue weighted by molar-refractivity contribution is -0.384. The summed E-state index contributed by atoms with van der Waals surface area (Å²) in [6.07, 6.45) is 0. The highest BCUT2D eigenvalue weighted by atomic mass is 16.6. The molecule has 0 saturated heterocycles. The number of amides is 1. The van der Waals surface area contributed by atoms with E-state index < -0.39 is 22.7 Å². The summed E-state index contributed by atoms with van der Waals surface area (Å²) in [5.74, 6) is -3.20. The molecule has 0 spiro atoms. The van der Waals surface area contributed by atoms with Crippen molar-refractivity contribution in [3.8, 4) is 12.1 Å². The number of nitro groups is 1. The molecule has 1 heterocycles. The standard InChI is InChI=1S/C21H17N5O3/c1-14-19(21(27)25(24-14)13-15-6-3-2-4-7-15)20(17(11-22)12-23)16-8-5-9-18(10-16)26(28)29/h2-10,17,19-20H,13H2,1H3. The minimum absolute atomic E-state index is 0.164. The minimum atomic E-state index is -1.16. The monoisotopic (exact) mass is 387 g/mol. The van der Waals surface area contributed by atoms with E-state index >= 15 is 0 Å². The maximum Gasteiger partial charge on any atom is 0.269 e. The van der Waals surface area contributed by atoms with Crippen molar-refractivity contribution in [3.63, 3.8) is 0 Å². The Hall–Kier alpha value is -4.04. The number of hydrogen-bond donors (Lipinski definition) is 0. The molecule has 29 heavy (non-hydrogen) atoms. The summed E-state index contributed by atoms with van der Waals surface area (Å²) in [4.78, 5) is 23.8. The third-order valence-electron chi connectivity index (χ3n) is 4.89. The van der Waals surface area contributed by atoms with Gasteiger partial charge < -0.3 is 0 Å². The largest absolute Gasteiger partial charge is 0.272 e. The van der Waals surface area contributed by atoms with E-state index in [0.717, 1.165) is 5.56 Å². The van der Waals surface area contributed by atoms with E-state index in [0.29, 0.717) is 11.3 Å². The highest BCUT2D eigenvalue weighted by Gasteiger charge is 2.44. The first-order valence-corrected chi connectivity index (χ1v) is 8.90. The highest BCUT2D eigenvalue weighted by Crippen LogP contribution is 2.38. The molecule has 1 aliphatic rings. The van der Waals surface area contributed by atoms with Gasteiger partial charge >= 0.3 is 0 Å². The van der Waals surface area contributed by atoms with E-state index in [9.17, 15) is 25.4 Å². The van der Waals surface area contributed by atoms with Crippen molar-refractivity contribution in [2.24, 2.45) is 16.9 Å². The van der Waals surface area contributed by atoms with Crippen LogP contribution in [0.2, 0.25) is 0 Å². The average Bonchev–Trinajstić information content (AvgIpc) is 3.00. The fourth-order valence-corrected chi connectivity index (χ4v) is 3.54. The third-order valence-corrected chi connectivity index (χ3v) is 4.89. The SMILES string of the molecule is CC1=NN(Cc2ccccc2)C(=O)C1C(c1cccc([N+](=O)[O-])c1)C(C#N)C#N. The van der Waals surface area contributed by atoms with Crippen molar-refractivity contribution in [2.75, 3.05) is 0 Å². The van der Waals surface area contributed by atoms with E-state index in [1.165, 1.54) is 23.2 Å². The molecule has 0 aromatic heterocycles. The van der Waals surface area contributed by atoms with Gasteiger partial charge in [0.2, 0.25) is 0 Å². The number of nitrogens with zero attached hydrogens (tertiary/aromatic N) is 5. The van der Waals surface area contributed by atoms with E-state index in [1.807, 2.05) is 42.5 Å². The summed E-state index contributed by atoms with van der Waals surface area (Å²) in [6.45, 7) is 1.93. The molecule has 1 amide bonds. The number of rotatable bonds is 6. The molecule has 0 bridgehead atoms. The van der Waals surface area contributed by atoms with Gasteiger partial charge in [0.15, 0.2) is 0 Å². The van der Waals surface area contributed by atoms with Crippen LogP contribution < -0.4 is 0 Å². The molecule has 0 radical (unpaired) electrons. The second kappa shape index (κ2) is 8.32. The molecule has 0 fully saturated rings. The lowest BCUT2D eigenvalue weighted by Gasteiger charge is -2.24. The number of nitro benzene ring substituents is 1. The molecule has 8 nitrogen and oxygen atoms in total. The average molecular weight is 387 g/mol. The summed E-state index contributed by atoms with van der Waals surface area (Å²) in [5.41, 5.74) is 1.59. The maximum absolute atomic E-state index is 13.1. The molecule has 2 aromatic rings. The molecule has 2 atom stereocenters. The number of nitriles is 2. The lowest BCUT2D eigenvalue weighted by Crippen LogP contribution is -2.34. The first-order chi connectivity index (χ1) is 14.0. The Morgan fingerprint density at radius 3 is 2.48 bits per heavy atom. The molecule has 144 valence electrons. The van der Waals surface area contributed by atoms with Crippen molar-refractivity contribution >= 4 is 17.3 Å². The summed E-state index contributed by atoms with van der Waals surface area (Å²) in [6, 6.07) is 18.9. The summed E-state index contributed by atoms with van der Waals surface area (Å²) >= 11 is 0. The van der Waals surface area contributed by atoms with Gasteiger partial charge in [0.1, 0.15) is 5.92 Å². The molecule has 0 aliphatic carbocycles. The second-order valence-corrected chi connectivity index (χ2v) is 6.71. The van der Waals surface area contributed by atoms with Gasteiger partial charge in [-0.2, -0.15) is 15.6 Å². The number of hydrogen-bond acceptors (Lipinski definition) is 6. The number of carbonyl (C=O) groups is 1. The Morgan fingerprint density at radius 2 is 1.86 bits per heavy atom. The van der Waals surface area contributed by atoms with Gasteiger partial charge in [-0.3, -0.25) is 14.9 Å². The fourth-order valence-electron chi connectivity index (χ4n) is 3.54. The van der Waals surface area contributed by atoms with Crippen LogP contribution in [0.15, 0.2) is 59.7 Å². The van der Waals surface area contributed by atoms with Gasteiger partial charge in [-0.15, -0.1) is 0 Å². The zero-order valence-corrected chi connectivity index (χ0v) is 15.6. The van der Waals surface area contributed by atoms with Crippen LogP contribution in [0.3, 0.4) is 0 Å². The van der Waals surface area contributed by atoms with Crippen molar-refractivity contribution in [1.82, 2.24) is 5.01 Å². The minimum Gasteiger partial charge on any atom is -0.272 e. The molecule has 2 unspecified atom stereocenters. The maximum atomic E-state index is 13.1. The third kappa shape index (κ3) is 3.97.